The van der Waals surface area contributed by atoms with Gasteiger partial charge in [0.2, 0.25) is 7.55 Å². The fourth-order valence-electron chi connectivity index (χ4n) is 0.232. The standard InChI is InChI=1S/C3H9BCl3NSi/c1-8(4(5)6)9(2,3)7/h1-3H3. The quantitative estimate of drug-likeness (QED) is 0.493. The van der Waals surface area contributed by atoms with Crippen LogP contribution in [-0.2, 0) is 0 Å². The van der Waals surface area contributed by atoms with E-state index in [9.17, 15) is 0 Å². The summed E-state index contributed by atoms with van der Waals surface area (Å²) in [6.07, 6.45) is 0. The van der Waals surface area contributed by atoms with Crippen LogP contribution < -0.4 is 0 Å². The third kappa shape index (κ3) is 3.73. The molecule has 0 spiro atoms. The fraction of sp³-hybridized carbons (Fsp3) is 1.00. The second-order valence-electron chi connectivity index (χ2n) is 2.30. The summed E-state index contributed by atoms with van der Waals surface area (Å²) >= 11 is 17.1. The van der Waals surface area contributed by atoms with Crippen LogP contribution in [0.15, 0.2) is 0 Å². The minimum Gasteiger partial charge on any atom is -0.328 e. The Labute approximate surface area is 72.0 Å². The highest BCUT2D eigenvalue weighted by molar-refractivity contribution is 7.37. The van der Waals surface area contributed by atoms with E-state index >= 15 is 0 Å². The monoisotopic (exact) mass is 203 g/mol. The Kier molecular flexibility index (Phi) is 3.92. The van der Waals surface area contributed by atoms with Crippen molar-refractivity contribution < 1.29 is 0 Å². The lowest BCUT2D eigenvalue weighted by atomic mass is 10.4. The first-order chi connectivity index (χ1) is 3.85. The predicted octanol–water partition coefficient (Wildman–Crippen LogP) is 2.32. The van der Waals surface area contributed by atoms with Gasteiger partial charge in [-0.3, -0.25) is 0 Å². The van der Waals surface area contributed by atoms with E-state index in [4.69, 9.17) is 34.0 Å². The molecule has 9 heavy (non-hydrogen) atoms. The topological polar surface area (TPSA) is 3.24 Å². The minimum absolute atomic E-state index is 0.482. The maximum Gasteiger partial charge on any atom is 0.428 e. The lowest BCUT2D eigenvalue weighted by molar-refractivity contribution is 0.827. The van der Waals surface area contributed by atoms with E-state index in [1.54, 1.807) is 4.48 Å². The van der Waals surface area contributed by atoms with Gasteiger partial charge in [-0.25, -0.2) is 0 Å². The second-order valence-corrected chi connectivity index (χ2v) is 9.65. The van der Waals surface area contributed by atoms with Crippen LogP contribution >= 0.6 is 34.0 Å². The summed E-state index contributed by atoms with van der Waals surface area (Å²) in [6, 6.07) is 0. The van der Waals surface area contributed by atoms with E-state index in [1.165, 1.54) is 0 Å². The maximum absolute atomic E-state index is 5.97. The van der Waals surface area contributed by atoms with Crippen molar-refractivity contribution in [2.45, 2.75) is 13.1 Å². The van der Waals surface area contributed by atoms with E-state index in [0.29, 0.717) is 0 Å². The highest BCUT2D eigenvalue weighted by Gasteiger charge is 2.30. The molecule has 0 aromatic carbocycles. The first-order valence-electron chi connectivity index (χ1n) is 2.55. The summed E-state index contributed by atoms with van der Waals surface area (Å²) in [7, 11) is 0.0413. The van der Waals surface area contributed by atoms with Crippen molar-refractivity contribution in [2.24, 2.45) is 0 Å². The van der Waals surface area contributed by atoms with E-state index < -0.39 is 13.2 Å². The third-order valence-electron chi connectivity index (χ3n) is 1.13. The van der Waals surface area contributed by atoms with E-state index in [1.807, 2.05) is 20.1 Å². The number of hydrogen-bond donors (Lipinski definition) is 0. The average Bonchev–Trinajstić information content (AvgIpc) is 1.62. The van der Waals surface area contributed by atoms with Gasteiger partial charge in [-0.1, -0.05) is 0 Å². The number of halogens is 3. The zero-order valence-electron chi connectivity index (χ0n) is 5.66. The van der Waals surface area contributed by atoms with Crippen LogP contribution in [0.1, 0.15) is 0 Å². The molecule has 54 valence electrons. The molecule has 0 aromatic rings. The van der Waals surface area contributed by atoms with Gasteiger partial charge in [0.1, 0.15) is 0 Å². The molecule has 0 aliphatic heterocycles. The molecule has 0 radical (unpaired) electrons. The number of hydrogen-bond acceptors (Lipinski definition) is 1. The predicted molar refractivity (Wildman–Crippen MR) is 48.6 cm³/mol. The summed E-state index contributed by atoms with van der Waals surface area (Å²) in [6.45, 7) is 3.93. The molecule has 0 rings (SSSR count). The Morgan fingerprint density at radius 2 is 1.67 bits per heavy atom. The molecule has 0 aliphatic rings. The molecular formula is C3H9BCl3NSi. The minimum atomic E-state index is -1.78. The zero-order valence-corrected chi connectivity index (χ0v) is 8.93. The van der Waals surface area contributed by atoms with Crippen molar-refractivity contribution in [3.8, 4) is 0 Å². The number of rotatable bonds is 2. The van der Waals surface area contributed by atoms with Gasteiger partial charge in [-0.15, -0.1) is 34.0 Å². The lowest BCUT2D eigenvalue weighted by Crippen LogP contribution is -2.45. The number of nitrogens with zero attached hydrogens (tertiary/aromatic N) is 1. The Balaban J connectivity index is 3.88. The van der Waals surface area contributed by atoms with Crippen molar-refractivity contribution >= 4 is 47.2 Å². The SMILES string of the molecule is CN(B(Cl)Cl)[Si](C)(C)Cl. The van der Waals surface area contributed by atoms with Crippen LogP contribution in [0.25, 0.3) is 0 Å². The average molecular weight is 204 g/mol. The van der Waals surface area contributed by atoms with E-state index in [-0.39, 0.29) is 0 Å². The highest BCUT2D eigenvalue weighted by Crippen LogP contribution is 2.16. The van der Waals surface area contributed by atoms with Crippen molar-refractivity contribution in [3.63, 3.8) is 0 Å². The normalized spacial score (nSPS) is 12.3. The lowest BCUT2D eigenvalue weighted by Gasteiger charge is -2.26. The Morgan fingerprint density at radius 1 is 1.33 bits per heavy atom. The van der Waals surface area contributed by atoms with Gasteiger partial charge >= 0.3 is 5.68 Å². The smallest absolute Gasteiger partial charge is 0.328 e. The zero-order chi connectivity index (χ0) is 7.65. The molecule has 6 heteroatoms. The van der Waals surface area contributed by atoms with Gasteiger partial charge < -0.3 is 4.48 Å². The molecule has 0 fully saturated rings. The molecular weight excluding hydrogens is 195 g/mol. The second kappa shape index (κ2) is 3.49. The maximum atomic E-state index is 5.97. The largest absolute Gasteiger partial charge is 0.428 e. The summed E-state index contributed by atoms with van der Waals surface area (Å²) in [4.78, 5) is 0. The Hall–Kier alpha value is 1.11. The molecule has 0 atom stereocenters. The third-order valence-corrected chi connectivity index (χ3v) is 4.78. The van der Waals surface area contributed by atoms with Gasteiger partial charge in [-0.05, 0) is 20.1 Å². The van der Waals surface area contributed by atoms with Crippen molar-refractivity contribution in [2.75, 3.05) is 7.05 Å². The van der Waals surface area contributed by atoms with Gasteiger partial charge in [0, 0.05) is 0 Å². The van der Waals surface area contributed by atoms with Crippen LogP contribution in [0.2, 0.25) is 13.1 Å². The van der Waals surface area contributed by atoms with Crippen LogP contribution in [-0.4, -0.2) is 24.7 Å². The first-order valence-corrected chi connectivity index (χ1v) is 7.39. The first kappa shape index (κ1) is 10.1. The molecule has 1 nitrogen and oxygen atoms in total. The molecule has 0 unspecified atom stereocenters. The van der Waals surface area contributed by atoms with Crippen molar-refractivity contribution in [3.05, 3.63) is 0 Å². The van der Waals surface area contributed by atoms with Gasteiger partial charge in [0.15, 0.2) is 0 Å². The van der Waals surface area contributed by atoms with Gasteiger partial charge in [0.25, 0.3) is 0 Å². The van der Waals surface area contributed by atoms with Crippen molar-refractivity contribution in [1.29, 1.82) is 0 Å². The summed E-state index contributed by atoms with van der Waals surface area (Å²) < 4.78 is 1.79. The van der Waals surface area contributed by atoms with Crippen LogP contribution in [0.3, 0.4) is 0 Å². The van der Waals surface area contributed by atoms with Gasteiger partial charge in [-0.2, -0.15) is 0 Å². The van der Waals surface area contributed by atoms with E-state index in [2.05, 4.69) is 0 Å². The Morgan fingerprint density at radius 3 is 1.67 bits per heavy atom. The molecule has 0 amide bonds. The van der Waals surface area contributed by atoms with Crippen molar-refractivity contribution in [1.82, 2.24) is 4.48 Å². The van der Waals surface area contributed by atoms with Crippen LogP contribution in [0.5, 0.6) is 0 Å². The Bertz CT molecular complexity index is 93.5. The van der Waals surface area contributed by atoms with Gasteiger partial charge in [0.05, 0.1) is 0 Å². The molecule has 0 saturated carbocycles. The fourth-order valence-corrected chi connectivity index (χ4v) is 2.75. The molecule has 0 bridgehead atoms. The molecule has 0 heterocycles. The van der Waals surface area contributed by atoms with Crippen LogP contribution in [0, 0.1) is 0 Å². The summed E-state index contributed by atoms with van der Waals surface area (Å²) in [5.74, 6) is 0. The summed E-state index contributed by atoms with van der Waals surface area (Å²) in [5.41, 5.74) is -0.482. The van der Waals surface area contributed by atoms with Crippen LogP contribution in [0.4, 0.5) is 0 Å². The molecule has 0 saturated heterocycles. The molecule has 0 aromatic heterocycles. The highest BCUT2D eigenvalue weighted by atomic mass is 35.6. The summed E-state index contributed by atoms with van der Waals surface area (Å²) in [5, 5.41) is 0. The molecule has 0 N–H and O–H groups in total. The van der Waals surface area contributed by atoms with E-state index in [0.717, 1.165) is 0 Å². The molecule has 0 aliphatic carbocycles.